The van der Waals surface area contributed by atoms with Gasteiger partial charge in [0.05, 0.1) is 35.0 Å². The average molecular weight is 428 g/mol. The number of pyridine rings is 1. The highest BCUT2D eigenvalue weighted by molar-refractivity contribution is 6.33. The summed E-state index contributed by atoms with van der Waals surface area (Å²) < 4.78 is 15.5. The smallest absolute Gasteiger partial charge is 0.165 e. The van der Waals surface area contributed by atoms with Crippen molar-refractivity contribution in [1.29, 1.82) is 0 Å². The van der Waals surface area contributed by atoms with Crippen LogP contribution in [-0.4, -0.2) is 26.3 Å². The number of rotatable bonds is 6. The Morgan fingerprint density at radius 1 is 1.43 bits per heavy atom. The number of allylic oxidation sites excluding steroid dienone is 1. The first-order valence-electron chi connectivity index (χ1n) is 9.57. The minimum Gasteiger partial charge on any atom is -0.358 e. The van der Waals surface area contributed by atoms with Crippen LogP contribution in [0.15, 0.2) is 42.0 Å². The molecular weight excluding hydrogens is 405 g/mol. The largest absolute Gasteiger partial charge is 0.358 e. The lowest BCUT2D eigenvalue weighted by atomic mass is 9.86. The van der Waals surface area contributed by atoms with Gasteiger partial charge in [0.15, 0.2) is 11.5 Å². The quantitative estimate of drug-likeness (QED) is 0.416. The van der Waals surface area contributed by atoms with Crippen LogP contribution in [0, 0.1) is 0 Å². The lowest BCUT2D eigenvalue weighted by Gasteiger charge is -2.20. The molecule has 1 aliphatic rings. The SMILES string of the molecule is C=NNc1ncc(NC(=C)C2CC(C)(C)c3c2cnn2cc(C(C)F)nc32)cc1Cl. The Bertz CT molecular complexity index is 1150. The van der Waals surface area contributed by atoms with Gasteiger partial charge in [-0.05, 0) is 30.4 Å². The number of fused-ring (bicyclic) bond motifs is 3. The van der Waals surface area contributed by atoms with E-state index in [-0.39, 0.29) is 11.3 Å². The van der Waals surface area contributed by atoms with Crippen LogP contribution in [-0.2, 0) is 5.41 Å². The maximum atomic E-state index is 13.8. The third-order valence-corrected chi connectivity index (χ3v) is 5.75. The van der Waals surface area contributed by atoms with Gasteiger partial charge in [0.1, 0.15) is 6.17 Å². The molecule has 0 bridgehead atoms. The summed E-state index contributed by atoms with van der Waals surface area (Å²) in [4.78, 5) is 8.76. The number of hydrogen-bond donors (Lipinski definition) is 2. The highest BCUT2D eigenvalue weighted by Crippen LogP contribution is 2.49. The Kier molecular flexibility index (Phi) is 4.97. The molecule has 0 radical (unpaired) electrons. The van der Waals surface area contributed by atoms with Crippen LogP contribution in [0.2, 0.25) is 5.02 Å². The molecule has 9 heteroatoms. The van der Waals surface area contributed by atoms with E-state index < -0.39 is 6.17 Å². The summed E-state index contributed by atoms with van der Waals surface area (Å²) in [6, 6.07) is 1.75. The molecule has 30 heavy (non-hydrogen) atoms. The zero-order chi connectivity index (χ0) is 21.6. The van der Waals surface area contributed by atoms with Gasteiger partial charge in [-0.15, -0.1) is 0 Å². The summed E-state index contributed by atoms with van der Waals surface area (Å²) in [6.07, 6.45) is 4.81. The standard InChI is InChI=1S/C21H23ClFN7/c1-11(23)17-10-30-20(28-17)18-15(9-26-30)14(7-21(18,3)4)12(2)27-13-6-16(22)19(25-8-13)29-24-5/h6,8-11,14,27H,2,5,7H2,1,3-4H3,(H,25,29). The van der Waals surface area contributed by atoms with Crippen LogP contribution in [0.1, 0.15) is 56.1 Å². The summed E-state index contributed by atoms with van der Waals surface area (Å²) >= 11 is 6.24. The van der Waals surface area contributed by atoms with Crippen molar-refractivity contribution < 1.29 is 4.39 Å². The Morgan fingerprint density at radius 2 is 2.20 bits per heavy atom. The van der Waals surface area contributed by atoms with Crippen LogP contribution < -0.4 is 10.7 Å². The van der Waals surface area contributed by atoms with E-state index in [1.807, 2.05) is 6.20 Å². The van der Waals surface area contributed by atoms with Crippen molar-refractivity contribution in [3.8, 4) is 0 Å². The number of anilines is 2. The predicted molar refractivity (Wildman–Crippen MR) is 118 cm³/mol. The van der Waals surface area contributed by atoms with Crippen molar-refractivity contribution in [2.75, 3.05) is 10.7 Å². The number of nitrogens with one attached hydrogen (secondary N) is 2. The average Bonchev–Trinajstić information content (AvgIpc) is 3.22. The first-order chi connectivity index (χ1) is 14.2. The van der Waals surface area contributed by atoms with Gasteiger partial charge in [-0.25, -0.2) is 18.9 Å². The molecule has 0 amide bonds. The Labute approximate surface area is 179 Å². The van der Waals surface area contributed by atoms with Crippen molar-refractivity contribution >= 4 is 35.5 Å². The fourth-order valence-electron chi connectivity index (χ4n) is 4.08. The second kappa shape index (κ2) is 7.36. The molecule has 3 heterocycles. The van der Waals surface area contributed by atoms with Crippen LogP contribution in [0.25, 0.3) is 5.65 Å². The molecule has 0 aromatic carbocycles. The number of halogens is 2. The van der Waals surface area contributed by atoms with Gasteiger partial charge in [-0.3, -0.25) is 5.43 Å². The number of hydrogen-bond acceptors (Lipinski definition) is 6. The molecule has 7 nitrogen and oxygen atoms in total. The number of hydrazone groups is 1. The van der Waals surface area contributed by atoms with E-state index >= 15 is 0 Å². The van der Waals surface area contributed by atoms with Gasteiger partial charge >= 0.3 is 0 Å². The molecule has 4 rings (SSSR count). The molecule has 1 aliphatic carbocycles. The van der Waals surface area contributed by atoms with Crippen LogP contribution >= 0.6 is 11.6 Å². The summed E-state index contributed by atoms with van der Waals surface area (Å²) in [7, 11) is 0. The Morgan fingerprint density at radius 3 is 2.87 bits per heavy atom. The lowest BCUT2D eigenvalue weighted by Crippen LogP contribution is -2.15. The molecule has 2 atom stereocenters. The normalized spacial score (nSPS) is 18.1. The third-order valence-electron chi connectivity index (χ3n) is 5.47. The Hall–Kier alpha value is -3.00. The fourth-order valence-corrected chi connectivity index (χ4v) is 4.29. The van der Waals surface area contributed by atoms with Gasteiger partial charge in [0.2, 0.25) is 0 Å². The van der Waals surface area contributed by atoms with Crippen molar-refractivity contribution in [2.24, 2.45) is 5.10 Å². The highest BCUT2D eigenvalue weighted by atomic mass is 35.5. The second-order valence-electron chi connectivity index (χ2n) is 8.14. The van der Waals surface area contributed by atoms with Crippen LogP contribution in [0.3, 0.4) is 0 Å². The summed E-state index contributed by atoms with van der Waals surface area (Å²) in [5.41, 5.74) is 7.19. The van der Waals surface area contributed by atoms with E-state index in [0.717, 1.165) is 23.2 Å². The van der Waals surface area contributed by atoms with E-state index in [2.05, 4.69) is 58.1 Å². The second-order valence-corrected chi connectivity index (χ2v) is 8.55. The van der Waals surface area contributed by atoms with Crippen molar-refractivity contribution in [3.05, 3.63) is 58.8 Å². The zero-order valence-corrected chi connectivity index (χ0v) is 17.8. The van der Waals surface area contributed by atoms with Gasteiger partial charge in [0.25, 0.3) is 0 Å². The monoisotopic (exact) mass is 427 g/mol. The first-order valence-corrected chi connectivity index (χ1v) is 9.95. The summed E-state index contributed by atoms with van der Waals surface area (Å²) in [5.74, 6) is 0.445. The zero-order valence-electron chi connectivity index (χ0n) is 17.1. The first kappa shape index (κ1) is 20.3. The third kappa shape index (κ3) is 3.41. The van der Waals surface area contributed by atoms with E-state index in [1.165, 1.54) is 6.92 Å². The van der Waals surface area contributed by atoms with Gasteiger partial charge in [0, 0.05) is 23.9 Å². The van der Waals surface area contributed by atoms with E-state index in [9.17, 15) is 4.39 Å². The maximum absolute atomic E-state index is 13.8. The fraction of sp³-hybridized carbons (Fsp3) is 0.333. The van der Waals surface area contributed by atoms with Crippen LogP contribution in [0.4, 0.5) is 15.9 Å². The minimum atomic E-state index is -1.15. The molecule has 3 aromatic rings. The molecule has 0 aliphatic heterocycles. The number of nitrogens with zero attached hydrogens (tertiary/aromatic N) is 5. The van der Waals surface area contributed by atoms with Crippen molar-refractivity contribution in [1.82, 2.24) is 19.6 Å². The topological polar surface area (TPSA) is 79.5 Å². The van der Waals surface area contributed by atoms with Crippen molar-refractivity contribution in [3.63, 3.8) is 0 Å². The lowest BCUT2D eigenvalue weighted by molar-refractivity contribution is 0.367. The molecule has 0 saturated heterocycles. The number of imidazole rings is 1. The Balaban J connectivity index is 1.67. The molecular formula is C21H23ClFN7. The van der Waals surface area contributed by atoms with E-state index in [1.54, 1.807) is 23.0 Å². The maximum Gasteiger partial charge on any atom is 0.165 e. The minimum absolute atomic E-state index is 0.0156. The number of aromatic nitrogens is 4. The van der Waals surface area contributed by atoms with Crippen LogP contribution in [0.5, 0.6) is 0 Å². The predicted octanol–water partition coefficient (Wildman–Crippen LogP) is 5.23. The number of alkyl halides is 1. The van der Waals surface area contributed by atoms with Gasteiger partial charge in [-0.2, -0.15) is 10.2 Å². The highest BCUT2D eigenvalue weighted by Gasteiger charge is 2.41. The summed E-state index contributed by atoms with van der Waals surface area (Å²) in [5, 5.41) is 11.8. The summed E-state index contributed by atoms with van der Waals surface area (Å²) in [6.45, 7) is 13.4. The van der Waals surface area contributed by atoms with E-state index in [4.69, 9.17) is 11.6 Å². The molecule has 2 unspecified atom stereocenters. The molecule has 0 fully saturated rings. The molecule has 0 saturated carbocycles. The molecule has 2 N–H and O–H groups in total. The molecule has 0 spiro atoms. The van der Waals surface area contributed by atoms with Gasteiger partial charge < -0.3 is 5.32 Å². The van der Waals surface area contributed by atoms with Gasteiger partial charge in [-0.1, -0.05) is 32.0 Å². The molecule has 156 valence electrons. The van der Waals surface area contributed by atoms with Crippen molar-refractivity contribution in [2.45, 2.75) is 44.7 Å². The van der Waals surface area contributed by atoms with E-state index in [0.29, 0.717) is 27.9 Å². The molecule has 3 aromatic heterocycles.